The molecule has 0 aromatic heterocycles. The highest BCUT2D eigenvalue weighted by atomic mass is 32.2. The van der Waals surface area contributed by atoms with Gasteiger partial charge in [-0.2, -0.15) is 8.42 Å². The van der Waals surface area contributed by atoms with Crippen molar-refractivity contribution >= 4 is 21.9 Å². The molecule has 7 heteroatoms. The largest absolute Gasteiger partial charge is 0.444 e. The molecule has 0 aliphatic heterocycles. The van der Waals surface area contributed by atoms with Gasteiger partial charge in [0.05, 0.1) is 5.75 Å². The van der Waals surface area contributed by atoms with Crippen molar-refractivity contribution in [1.82, 2.24) is 0 Å². The number of rotatable bonds is 7. The molecule has 2 aromatic rings. The van der Waals surface area contributed by atoms with E-state index in [0.717, 1.165) is 5.56 Å². The fraction of sp³-hybridized carbons (Fsp3) is 0.235. The summed E-state index contributed by atoms with van der Waals surface area (Å²) in [5.41, 5.74) is 1.37. The molecule has 6 nitrogen and oxygen atoms in total. The standard InChI is InChI=1S/C17H19NO5S/c1-2-12-24(20,21)23-16-10-8-15(9-11-16)18-17(19)22-13-14-6-4-3-5-7-14/h3-11H,2,12-13H2,1H3,(H,18,19). The van der Waals surface area contributed by atoms with E-state index in [1.807, 2.05) is 30.3 Å². The van der Waals surface area contributed by atoms with Crippen LogP contribution in [0.2, 0.25) is 0 Å². The van der Waals surface area contributed by atoms with E-state index in [1.54, 1.807) is 19.1 Å². The molecule has 0 aliphatic rings. The molecule has 0 bridgehead atoms. The summed E-state index contributed by atoms with van der Waals surface area (Å²) in [6.07, 6.45) is -0.110. The Morgan fingerprint density at radius 1 is 1.04 bits per heavy atom. The fourth-order valence-electron chi connectivity index (χ4n) is 1.91. The molecule has 1 amide bonds. The third-order valence-electron chi connectivity index (χ3n) is 2.99. The van der Waals surface area contributed by atoms with E-state index < -0.39 is 16.2 Å². The van der Waals surface area contributed by atoms with Crippen LogP contribution in [0.25, 0.3) is 0 Å². The van der Waals surface area contributed by atoms with Gasteiger partial charge in [0.2, 0.25) is 0 Å². The lowest BCUT2D eigenvalue weighted by Crippen LogP contribution is -2.14. The van der Waals surface area contributed by atoms with Crippen LogP contribution in [0.15, 0.2) is 54.6 Å². The first-order valence-electron chi connectivity index (χ1n) is 7.48. The average Bonchev–Trinajstić information content (AvgIpc) is 2.55. The van der Waals surface area contributed by atoms with Gasteiger partial charge in [0.15, 0.2) is 0 Å². The van der Waals surface area contributed by atoms with Gasteiger partial charge in [0.25, 0.3) is 0 Å². The van der Waals surface area contributed by atoms with Crippen molar-refractivity contribution in [3.8, 4) is 5.75 Å². The predicted molar refractivity (Wildman–Crippen MR) is 91.4 cm³/mol. The number of benzene rings is 2. The molecule has 0 spiro atoms. The lowest BCUT2D eigenvalue weighted by molar-refractivity contribution is 0.155. The smallest absolute Gasteiger partial charge is 0.411 e. The molecular formula is C17H19NO5S. The monoisotopic (exact) mass is 349 g/mol. The Kier molecular flexibility index (Phi) is 6.20. The van der Waals surface area contributed by atoms with E-state index in [9.17, 15) is 13.2 Å². The minimum absolute atomic E-state index is 0.0428. The predicted octanol–water partition coefficient (Wildman–Crippen LogP) is 3.55. The number of carbonyl (C=O) groups is 1. The Balaban J connectivity index is 1.86. The molecular weight excluding hydrogens is 330 g/mol. The Hall–Kier alpha value is -2.54. The lowest BCUT2D eigenvalue weighted by Gasteiger charge is -2.09. The second-order valence-electron chi connectivity index (χ2n) is 5.06. The third kappa shape index (κ3) is 5.92. The molecule has 0 aliphatic carbocycles. The first-order chi connectivity index (χ1) is 11.5. The maximum Gasteiger partial charge on any atom is 0.411 e. The van der Waals surface area contributed by atoms with Crippen LogP contribution in [0.5, 0.6) is 5.75 Å². The Morgan fingerprint density at radius 3 is 2.33 bits per heavy atom. The Labute approximate surface area is 141 Å². The van der Waals surface area contributed by atoms with Crippen LogP contribution >= 0.6 is 0 Å². The molecule has 0 saturated carbocycles. The van der Waals surface area contributed by atoms with Crippen LogP contribution in [-0.4, -0.2) is 20.3 Å². The van der Waals surface area contributed by atoms with Gasteiger partial charge >= 0.3 is 16.2 Å². The molecule has 0 fully saturated rings. The number of hydrogen-bond donors (Lipinski definition) is 1. The normalized spacial score (nSPS) is 10.9. The summed E-state index contributed by atoms with van der Waals surface area (Å²) in [7, 11) is -3.57. The van der Waals surface area contributed by atoms with Crippen LogP contribution in [0.3, 0.4) is 0 Å². The lowest BCUT2D eigenvalue weighted by atomic mass is 10.2. The fourth-order valence-corrected chi connectivity index (χ4v) is 2.90. The first-order valence-corrected chi connectivity index (χ1v) is 9.06. The molecule has 0 saturated heterocycles. The van der Waals surface area contributed by atoms with Gasteiger partial charge in [-0.15, -0.1) is 0 Å². The van der Waals surface area contributed by atoms with Crippen molar-refractivity contribution < 1.29 is 22.1 Å². The van der Waals surface area contributed by atoms with E-state index >= 15 is 0 Å². The summed E-state index contributed by atoms with van der Waals surface area (Å²) < 4.78 is 33.2. The molecule has 0 radical (unpaired) electrons. The van der Waals surface area contributed by atoms with Gasteiger partial charge in [0, 0.05) is 5.69 Å². The molecule has 0 atom stereocenters. The zero-order chi connectivity index (χ0) is 17.4. The van der Waals surface area contributed by atoms with E-state index in [2.05, 4.69) is 5.32 Å². The molecule has 24 heavy (non-hydrogen) atoms. The van der Waals surface area contributed by atoms with Crippen molar-refractivity contribution in [3.05, 3.63) is 60.2 Å². The van der Waals surface area contributed by atoms with E-state index in [0.29, 0.717) is 12.1 Å². The van der Waals surface area contributed by atoms with Gasteiger partial charge in [-0.3, -0.25) is 5.32 Å². The quantitative estimate of drug-likeness (QED) is 0.773. The van der Waals surface area contributed by atoms with Crippen molar-refractivity contribution in [2.75, 3.05) is 11.1 Å². The zero-order valence-corrected chi connectivity index (χ0v) is 14.1. The number of ether oxygens (including phenoxy) is 1. The average molecular weight is 349 g/mol. The molecule has 2 aromatic carbocycles. The van der Waals surface area contributed by atoms with Crippen molar-refractivity contribution in [2.45, 2.75) is 20.0 Å². The van der Waals surface area contributed by atoms with Gasteiger partial charge in [-0.25, -0.2) is 4.79 Å². The summed E-state index contributed by atoms with van der Waals surface area (Å²) in [5, 5.41) is 2.56. The molecule has 2 rings (SSSR count). The third-order valence-corrected chi connectivity index (χ3v) is 4.35. The van der Waals surface area contributed by atoms with Gasteiger partial charge in [0.1, 0.15) is 12.4 Å². The Morgan fingerprint density at radius 2 is 1.71 bits per heavy atom. The summed E-state index contributed by atoms with van der Waals surface area (Å²) in [5.74, 6) is 0.158. The number of carbonyl (C=O) groups excluding carboxylic acids is 1. The van der Waals surface area contributed by atoms with Crippen LogP contribution < -0.4 is 9.50 Å². The van der Waals surface area contributed by atoms with E-state index in [-0.39, 0.29) is 18.1 Å². The number of amides is 1. The molecule has 0 unspecified atom stereocenters. The zero-order valence-electron chi connectivity index (χ0n) is 13.3. The van der Waals surface area contributed by atoms with Gasteiger partial charge in [-0.1, -0.05) is 37.3 Å². The summed E-state index contributed by atoms with van der Waals surface area (Å²) in [6, 6.07) is 15.4. The van der Waals surface area contributed by atoms with Crippen molar-refractivity contribution in [3.63, 3.8) is 0 Å². The van der Waals surface area contributed by atoms with E-state index in [4.69, 9.17) is 8.92 Å². The van der Waals surface area contributed by atoms with E-state index in [1.165, 1.54) is 12.1 Å². The first kappa shape index (κ1) is 17.8. The van der Waals surface area contributed by atoms with Crippen molar-refractivity contribution in [2.24, 2.45) is 0 Å². The highest BCUT2D eigenvalue weighted by molar-refractivity contribution is 7.87. The van der Waals surface area contributed by atoms with Crippen LogP contribution in [0.4, 0.5) is 10.5 Å². The number of nitrogens with one attached hydrogen (secondary N) is 1. The maximum atomic E-state index is 11.7. The minimum atomic E-state index is -3.57. The molecule has 0 heterocycles. The van der Waals surface area contributed by atoms with Crippen LogP contribution in [0, 0.1) is 0 Å². The second-order valence-corrected chi connectivity index (χ2v) is 6.75. The van der Waals surface area contributed by atoms with Crippen LogP contribution in [0.1, 0.15) is 18.9 Å². The summed E-state index contributed by atoms with van der Waals surface area (Å²) >= 11 is 0. The maximum absolute atomic E-state index is 11.7. The van der Waals surface area contributed by atoms with Crippen molar-refractivity contribution in [1.29, 1.82) is 0 Å². The minimum Gasteiger partial charge on any atom is -0.444 e. The highest BCUT2D eigenvalue weighted by Gasteiger charge is 2.11. The highest BCUT2D eigenvalue weighted by Crippen LogP contribution is 2.18. The Bertz CT molecular complexity index is 757. The topological polar surface area (TPSA) is 81.7 Å². The number of anilines is 1. The summed E-state index contributed by atoms with van der Waals surface area (Å²) in [4.78, 5) is 11.7. The van der Waals surface area contributed by atoms with Crippen LogP contribution in [-0.2, 0) is 21.5 Å². The molecule has 1 N–H and O–H groups in total. The van der Waals surface area contributed by atoms with Gasteiger partial charge in [-0.05, 0) is 36.2 Å². The second kappa shape index (κ2) is 8.35. The number of hydrogen-bond acceptors (Lipinski definition) is 5. The molecule has 128 valence electrons. The SMILES string of the molecule is CCCS(=O)(=O)Oc1ccc(NC(=O)OCc2ccccc2)cc1. The summed E-state index contributed by atoms with van der Waals surface area (Å²) in [6.45, 7) is 1.93. The van der Waals surface area contributed by atoms with Gasteiger partial charge < -0.3 is 8.92 Å².